The molecule has 6 fully saturated rings. The van der Waals surface area contributed by atoms with Crippen molar-refractivity contribution in [2.45, 2.75) is 114 Å². The van der Waals surface area contributed by atoms with Gasteiger partial charge >= 0.3 is 5.97 Å². The Bertz CT molecular complexity index is 946. The molecule has 0 amide bonds. The average Bonchev–Trinajstić information content (AvgIpc) is 3.26. The highest BCUT2D eigenvalue weighted by molar-refractivity contribution is 9.10. The van der Waals surface area contributed by atoms with Crippen LogP contribution in [0.1, 0.15) is 86.0 Å². The fourth-order valence-electron chi connectivity index (χ4n) is 10.3. The predicted molar refractivity (Wildman–Crippen MR) is 137 cm³/mol. The van der Waals surface area contributed by atoms with Crippen LogP contribution < -0.4 is 0 Å². The standard InChI is InChI=1S/C29H43BrO6/c1-15-6-11-29(34-14-15)16(2)23-21(36-29)12-20-22-19(8-9-26(20,23)4)27(5)10-7-18(35-17(3)31)13-28(27,33)25(32)24(22)30/h15-16,18-24,33H,6-14H2,1-5H3/t15?,16-,18?,19?,20?,21?,22?,23?,24-,26?,27?,28-,29+/m0/s1. The van der Waals surface area contributed by atoms with Gasteiger partial charge in [0.05, 0.1) is 17.5 Å². The Balaban J connectivity index is 1.30. The number of hydrogen-bond donors (Lipinski definition) is 1. The van der Waals surface area contributed by atoms with E-state index in [2.05, 4.69) is 43.6 Å². The van der Waals surface area contributed by atoms with Crippen LogP contribution in [-0.4, -0.2) is 51.9 Å². The lowest BCUT2D eigenvalue weighted by molar-refractivity contribution is -0.273. The second-order valence-corrected chi connectivity index (χ2v) is 14.8. The van der Waals surface area contributed by atoms with Gasteiger partial charge in [0.15, 0.2) is 11.6 Å². The first kappa shape index (κ1) is 25.8. The largest absolute Gasteiger partial charge is 0.462 e. The van der Waals surface area contributed by atoms with Gasteiger partial charge in [-0.05, 0) is 73.5 Å². The third-order valence-corrected chi connectivity index (χ3v) is 13.2. The number of ketones is 1. The molecule has 0 bridgehead atoms. The van der Waals surface area contributed by atoms with E-state index in [1.54, 1.807) is 0 Å². The highest BCUT2D eigenvalue weighted by atomic mass is 79.9. The van der Waals surface area contributed by atoms with Crippen LogP contribution in [0.2, 0.25) is 0 Å². The third-order valence-electron chi connectivity index (χ3n) is 12.2. The molecule has 6 rings (SSSR count). The highest BCUT2D eigenvalue weighted by Gasteiger charge is 2.74. The van der Waals surface area contributed by atoms with Crippen molar-refractivity contribution in [1.29, 1.82) is 0 Å². The number of fused-ring (bicyclic) bond motifs is 7. The summed E-state index contributed by atoms with van der Waals surface area (Å²) in [6.45, 7) is 11.4. The summed E-state index contributed by atoms with van der Waals surface area (Å²) >= 11 is 3.84. The van der Waals surface area contributed by atoms with Gasteiger partial charge in [-0.25, -0.2) is 0 Å². The Labute approximate surface area is 223 Å². The number of ether oxygens (including phenoxy) is 3. The molecule has 4 saturated carbocycles. The number of carbonyl (C=O) groups excluding carboxylic acids is 2. The zero-order chi connectivity index (χ0) is 25.8. The Hall–Kier alpha value is -0.500. The molecule has 4 aliphatic carbocycles. The Morgan fingerprint density at radius 3 is 2.53 bits per heavy atom. The number of halogens is 1. The normalized spacial score (nSPS) is 58.1. The van der Waals surface area contributed by atoms with Crippen LogP contribution in [-0.2, 0) is 23.8 Å². The molecular formula is C29H43BrO6. The van der Waals surface area contributed by atoms with Crippen molar-refractivity contribution in [3.05, 3.63) is 0 Å². The molecule has 13 atom stereocenters. The van der Waals surface area contributed by atoms with E-state index in [1.807, 2.05) is 0 Å². The van der Waals surface area contributed by atoms with E-state index < -0.39 is 27.7 Å². The minimum absolute atomic E-state index is 0.0915. The third kappa shape index (κ3) is 3.24. The molecule has 9 unspecified atom stereocenters. The summed E-state index contributed by atoms with van der Waals surface area (Å²) in [4.78, 5) is 25.2. The first-order chi connectivity index (χ1) is 16.9. The topological polar surface area (TPSA) is 82.1 Å². The molecule has 0 aromatic heterocycles. The molecule has 2 saturated heterocycles. The average molecular weight is 568 g/mol. The fraction of sp³-hybridized carbons (Fsp3) is 0.931. The van der Waals surface area contributed by atoms with Gasteiger partial charge in [-0.3, -0.25) is 9.59 Å². The van der Waals surface area contributed by atoms with Gasteiger partial charge in [0, 0.05) is 31.1 Å². The van der Waals surface area contributed by atoms with E-state index in [1.165, 1.54) is 6.92 Å². The first-order valence-electron chi connectivity index (χ1n) is 14.3. The lowest BCUT2D eigenvalue weighted by atomic mass is 9.42. The van der Waals surface area contributed by atoms with Gasteiger partial charge < -0.3 is 19.3 Å². The number of Topliss-reactive ketones (excluding diaryl/α,β-unsaturated/α-hetero) is 1. The molecule has 0 aromatic rings. The zero-order valence-corrected chi connectivity index (χ0v) is 24.0. The minimum Gasteiger partial charge on any atom is -0.462 e. The lowest BCUT2D eigenvalue weighted by Crippen LogP contribution is -2.70. The Morgan fingerprint density at radius 1 is 1.11 bits per heavy atom. The van der Waals surface area contributed by atoms with Gasteiger partial charge in [-0.2, -0.15) is 0 Å². The fourth-order valence-corrected chi connectivity index (χ4v) is 11.4. The van der Waals surface area contributed by atoms with Crippen LogP contribution >= 0.6 is 15.9 Å². The van der Waals surface area contributed by atoms with Crippen LogP contribution in [0.25, 0.3) is 0 Å². The quantitative estimate of drug-likeness (QED) is 0.354. The number of rotatable bonds is 1. The van der Waals surface area contributed by atoms with Crippen molar-refractivity contribution in [3.8, 4) is 0 Å². The second kappa shape index (κ2) is 8.25. The molecule has 202 valence electrons. The van der Waals surface area contributed by atoms with Crippen molar-refractivity contribution >= 4 is 27.7 Å². The first-order valence-corrected chi connectivity index (χ1v) is 15.2. The summed E-state index contributed by atoms with van der Waals surface area (Å²) in [5, 5.41) is 12.0. The van der Waals surface area contributed by atoms with Gasteiger partial charge in [0.2, 0.25) is 0 Å². The van der Waals surface area contributed by atoms with E-state index in [4.69, 9.17) is 14.2 Å². The zero-order valence-electron chi connectivity index (χ0n) is 22.4. The summed E-state index contributed by atoms with van der Waals surface area (Å²) in [6, 6.07) is 0. The summed E-state index contributed by atoms with van der Waals surface area (Å²) in [5.74, 6) is 1.24. The summed E-state index contributed by atoms with van der Waals surface area (Å²) in [6.07, 6.45) is 6.57. The molecule has 1 N–H and O–H groups in total. The Kier molecular flexibility index (Phi) is 5.90. The SMILES string of the molecule is CC(=O)OC1CCC2(C)C3CCC4(C)C(CC5O[C@]6(CCC(C)CO6)[C@@H](C)C54)C3[C@H](Br)C(=O)[C@@]2(O)C1. The molecule has 2 heterocycles. The van der Waals surface area contributed by atoms with Crippen molar-refractivity contribution in [2.75, 3.05) is 6.61 Å². The molecule has 1 spiro atoms. The van der Waals surface area contributed by atoms with Crippen molar-refractivity contribution in [2.24, 2.45) is 46.3 Å². The number of carbonyl (C=O) groups is 2. The number of alkyl halides is 1. The second-order valence-electron chi connectivity index (χ2n) is 13.8. The smallest absolute Gasteiger partial charge is 0.302 e. The van der Waals surface area contributed by atoms with Crippen LogP contribution in [0.3, 0.4) is 0 Å². The van der Waals surface area contributed by atoms with Crippen LogP contribution in [0.15, 0.2) is 0 Å². The van der Waals surface area contributed by atoms with E-state index in [9.17, 15) is 14.7 Å². The van der Waals surface area contributed by atoms with Gasteiger partial charge in [-0.1, -0.05) is 43.6 Å². The molecule has 0 aromatic carbocycles. The lowest BCUT2D eigenvalue weighted by Gasteiger charge is -2.64. The number of aliphatic hydroxyl groups is 1. The predicted octanol–water partition coefficient (Wildman–Crippen LogP) is 5.03. The summed E-state index contributed by atoms with van der Waals surface area (Å²) in [5.41, 5.74) is -1.89. The maximum Gasteiger partial charge on any atom is 0.302 e. The van der Waals surface area contributed by atoms with E-state index in [-0.39, 0.29) is 41.5 Å². The summed E-state index contributed by atoms with van der Waals surface area (Å²) < 4.78 is 18.8. The highest BCUT2D eigenvalue weighted by Crippen LogP contribution is 2.72. The molecule has 2 aliphatic heterocycles. The van der Waals surface area contributed by atoms with Gasteiger partial charge in [0.25, 0.3) is 0 Å². The van der Waals surface area contributed by atoms with E-state index in [0.717, 1.165) is 38.7 Å². The number of hydrogen-bond acceptors (Lipinski definition) is 6. The van der Waals surface area contributed by atoms with E-state index >= 15 is 0 Å². The summed E-state index contributed by atoms with van der Waals surface area (Å²) in [7, 11) is 0. The van der Waals surface area contributed by atoms with Crippen molar-refractivity contribution in [1.82, 2.24) is 0 Å². The molecule has 36 heavy (non-hydrogen) atoms. The minimum atomic E-state index is -1.47. The molecule has 6 nitrogen and oxygen atoms in total. The molecular weight excluding hydrogens is 524 g/mol. The monoisotopic (exact) mass is 566 g/mol. The van der Waals surface area contributed by atoms with E-state index in [0.29, 0.717) is 36.5 Å². The van der Waals surface area contributed by atoms with Gasteiger partial charge in [-0.15, -0.1) is 0 Å². The number of esters is 1. The Morgan fingerprint density at radius 2 is 1.86 bits per heavy atom. The molecule has 0 radical (unpaired) electrons. The maximum absolute atomic E-state index is 14.0. The van der Waals surface area contributed by atoms with Crippen LogP contribution in [0.4, 0.5) is 0 Å². The van der Waals surface area contributed by atoms with Crippen LogP contribution in [0.5, 0.6) is 0 Å². The van der Waals surface area contributed by atoms with Gasteiger partial charge in [0.1, 0.15) is 11.7 Å². The van der Waals surface area contributed by atoms with Crippen molar-refractivity contribution < 1.29 is 28.9 Å². The molecule has 7 heteroatoms. The maximum atomic E-state index is 14.0. The molecule has 6 aliphatic rings. The van der Waals surface area contributed by atoms with Crippen LogP contribution in [0, 0.1) is 46.3 Å². The van der Waals surface area contributed by atoms with Crippen molar-refractivity contribution in [3.63, 3.8) is 0 Å².